The smallest absolute Gasteiger partial charge is 0.306 e. The van der Waals surface area contributed by atoms with Gasteiger partial charge in [0.1, 0.15) is 5.82 Å². The Morgan fingerprint density at radius 1 is 1.07 bits per heavy atom. The molecule has 0 aliphatic heterocycles. The average Bonchev–Trinajstić information content (AvgIpc) is 3.02. The molecule has 158 valence electrons. The van der Waals surface area contributed by atoms with Crippen molar-refractivity contribution in [3.8, 4) is 11.1 Å². The van der Waals surface area contributed by atoms with Crippen LogP contribution < -0.4 is 0 Å². The van der Waals surface area contributed by atoms with Crippen molar-refractivity contribution in [3.05, 3.63) is 66.1 Å². The van der Waals surface area contributed by atoms with Crippen molar-refractivity contribution in [1.29, 1.82) is 0 Å². The summed E-state index contributed by atoms with van der Waals surface area (Å²) in [5.74, 6) is -1.47. The monoisotopic (exact) mass is 411 g/mol. The number of fused-ring (bicyclic) bond motifs is 1. The molecule has 6 heteroatoms. The first kappa shape index (κ1) is 21.7. The fourth-order valence-corrected chi connectivity index (χ4v) is 3.71. The number of para-hydroxylation sites is 1. The third-order valence-corrected chi connectivity index (χ3v) is 5.08. The number of aromatic nitrogens is 1. The summed E-state index contributed by atoms with van der Waals surface area (Å²) < 4.78 is 15.7. The van der Waals surface area contributed by atoms with Crippen LogP contribution in [-0.2, 0) is 4.79 Å². The lowest BCUT2D eigenvalue weighted by atomic mass is 10.0. The lowest BCUT2D eigenvalue weighted by Crippen LogP contribution is -2.27. The molecule has 2 unspecified atom stereocenters. The van der Waals surface area contributed by atoms with Crippen LogP contribution in [0.2, 0.25) is 0 Å². The Balaban J connectivity index is 2.06. The highest BCUT2D eigenvalue weighted by molar-refractivity contribution is 6.01. The van der Waals surface area contributed by atoms with Crippen LogP contribution in [0.3, 0.4) is 0 Å². The van der Waals surface area contributed by atoms with Crippen molar-refractivity contribution < 1.29 is 24.5 Å². The molecule has 0 aliphatic carbocycles. The Hall–Kier alpha value is -2.96. The highest BCUT2D eigenvalue weighted by Gasteiger charge is 2.20. The van der Waals surface area contributed by atoms with E-state index < -0.39 is 24.6 Å². The van der Waals surface area contributed by atoms with E-state index in [2.05, 4.69) is 18.4 Å². The minimum absolute atomic E-state index is 0.108. The number of halogens is 1. The first-order valence-electron chi connectivity index (χ1n) is 9.93. The van der Waals surface area contributed by atoms with Crippen LogP contribution in [-0.4, -0.2) is 38.1 Å². The van der Waals surface area contributed by atoms with Crippen LogP contribution in [0.15, 0.2) is 54.6 Å². The molecule has 0 saturated heterocycles. The van der Waals surface area contributed by atoms with Gasteiger partial charge in [-0.3, -0.25) is 4.79 Å². The molecular weight excluding hydrogens is 385 g/mol. The first-order valence-corrected chi connectivity index (χ1v) is 9.93. The van der Waals surface area contributed by atoms with Crippen molar-refractivity contribution >= 4 is 22.9 Å². The highest BCUT2D eigenvalue weighted by atomic mass is 19.1. The molecule has 0 radical (unpaired) electrons. The summed E-state index contributed by atoms with van der Waals surface area (Å²) in [6, 6.07) is 14.5. The molecule has 3 aromatic rings. The van der Waals surface area contributed by atoms with Crippen molar-refractivity contribution in [3.63, 3.8) is 0 Å². The zero-order chi connectivity index (χ0) is 21.8. The van der Waals surface area contributed by atoms with Crippen molar-refractivity contribution in [1.82, 2.24) is 4.57 Å². The van der Waals surface area contributed by atoms with Gasteiger partial charge in [0, 0.05) is 28.2 Å². The quantitative estimate of drug-likeness (QED) is 0.505. The molecule has 2 atom stereocenters. The predicted molar refractivity (Wildman–Crippen MR) is 116 cm³/mol. The molecule has 3 rings (SSSR count). The second kappa shape index (κ2) is 9.24. The zero-order valence-corrected chi connectivity index (χ0v) is 17.0. The van der Waals surface area contributed by atoms with E-state index in [0.29, 0.717) is 0 Å². The van der Waals surface area contributed by atoms with E-state index in [4.69, 9.17) is 5.11 Å². The van der Waals surface area contributed by atoms with Crippen LogP contribution in [0.1, 0.15) is 38.4 Å². The van der Waals surface area contributed by atoms with Crippen LogP contribution in [0, 0.1) is 5.82 Å². The number of aliphatic hydroxyl groups is 2. The van der Waals surface area contributed by atoms with Gasteiger partial charge in [0.2, 0.25) is 0 Å². The average molecular weight is 411 g/mol. The van der Waals surface area contributed by atoms with Crippen molar-refractivity contribution in [2.75, 3.05) is 0 Å². The van der Waals surface area contributed by atoms with Gasteiger partial charge < -0.3 is 19.9 Å². The van der Waals surface area contributed by atoms with Gasteiger partial charge in [-0.15, -0.1) is 0 Å². The van der Waals surface area contributed by atoms with Gasteiger partial charge in [-0.25, -0.2) is 4.39 Å². The fourth-order valence-electron chi connectivity index (χ4n) is 3.71. The number of nitrogens with zero attached hydrogens (tertiary/aromatic N) is 1. The summed E-state index contributed by atoms with van der Waals surface area (Å²) in [6.07, 6.45) is 0.688. The van der Waals surface area contributed by atoms with E-state index in [-0.39, 0.29) is 18.3 Å². The van der Waals surface area contributed by atoms with E-state index in [1.54, 1.807) is 18.2 Å². The maximum absolute atomic E-state index is 13.5. The Kier molecular flexibility index (Phi) is 6.70. The minimum atomic E-state index is -1.33. The number of rotatable bonds is 8. The van der Waals surface area contributed by atoms with E-state index in [9.17, 15) is 19.4 Å². The summed E-state index contributed by atoms with van der Waals surface area (Å²) in [5.41, 5.74) is 3.77. The van der Waals surface area contributed by atoms with E-state index in [1.165, 1.54) is 12.1 Å². The number of carbonyl (C=O) groups is 1. The molecule has 30 heavy (non-hydrogen) atoms. The fraction of sp³-hybridized carbons (Fsp3) is 0.292. The third-order valence-electron chi connectivity index (χ3n) is 5.08. The Labute approximate surface area is 174 Å². The van der Waals surface area contributed by atoms with Crippen LogP contribution in [0.5, 0.6) is 0 Å². The molecule has 0 amide bonds. The normalized spacial score (nSPS) is 13.9. The van der Waals surface area contributed by atoms with Gasteiger partial charge in [-0.05, 0) is 50.1 Å². The summed E-state index contributed by atoms with van der Waals surface area (Å²) in [6.45, 7) is 4.15. The second-order valence-electron chi connectivity index (χ2n) is 7.62. The molecule has 0 aliphatic rings. The maximum atomic E-state index is 13.5. The first-order chi connectivity index (χ1) is 14.3. The Morgan fingerprint density at radius 3 is 2.37 bits per heavy atom. The van der Waals surface area contributed by atoms with Gasteiger partial charge in [0.25, 0.3) is 0 Å². The molecular formula is C24H26FNO4. The van der Waals surface area contributed by atoms with Crippen LogP contribution in [0.25, 0.3) is 28.1 Å². The van der Waals surface area contributed by atoms with Gasteiger partial charge >= 0.3 is 5.97 Å². The SMILES string of the molecule is CC(C)n1c(/C=C/CC(O)C(O)CC(=O)O)c(-c2ccc(F)cc2)c2ccccc21. The van der Waals surface area contributed by atoms with E-state index >= 15 is 0 Å². The lowest BCUT2D eigenvalue weighted by molar-refractivity contribution is -0.141. The minimum Gasteiger partial charge on any atom is -0.481 e. The number of aliphatic carboxylic acids is 1. The number of aliphatic hydroxyl groups excluding tert-OH is 2. The molecule has 2 aromatic carbocycles. The zero-order valence-electron chi connectivity index (χ0n) is 17.0. The van der Waals surface area contributed by atoms with Crippen molar-refractivity contribution in [2.45, 2.75) is 44.9 Å². The highest BCUT2D eigenvalue weighted by Crippen LogP contribution is 2.38. The molecule has 5 nitrogen and oxygen atoms in total. The van der Waals surface area contributed by atoms with Gasteiger partial charge in [-0.1, -0.05) is 36.4 Å². The molecule has 1 heterocycles. The van der Waals surface area contributed by atoms with Gasteiger partial charge in [0.15, 0.2) is 0 Å². The molecule has 0 bridgehead atoms. The third kappa shape index (κ3) is 4.61. The van der Waals surface area contributed by atoms with Gasteiger partial charge in [0.05, 0.1) is 18.6 Å². The number of carboxylic acids is 1. The summed E-state index contributed by atoms with van der Waals surface area (Å²) in [5, 5.41) is 29.7. The maximum Gasteiger partial charge on any atom is 0.306 e. The predicted octanol–water partition coefficient (Wildman–Crippen LogP) is 4.63. The standard InChI is InChI=1S/C24H26FNO4/c1-15(2)26-19-7-4-3-6-18(19)24(16-10-12-17(25)13-11-16)20(26)8-5-9-21(27)22(28)14-23(29)30/h3-8,10-13,15,21-22,27-28H,9,14H2,1-2H3,(H,29,30)/b8-5+. The van der Waals surface area contributed by atoms with Crippen LogP contribution in [0.4, 0.5) is 4.39 Å². The van der Waals surface area contributed by atoms with E-state index in [1.807, 2.05) is 30.3 Å². The summed E-state index contributed by atoms with van der Waals surface area (Å²) in [7, 11) is 0. The number of carboxylic acid groups (broad SMARTS) is 1. The summed E-state index contributed by atoms with van der Waals surface area (Å²) in [4.78, 5) is 10.7. The molecule has 1 aromatic heterocycles. The molecule has 0 spiro atoms. The Morgan fingerprint density at radius 2 is 1.73 bits per heavy atom. The van der Waals surface area contributed by atoms with E-state index in [0.717, 1.165) is 27.7 Å². The molecule has 0 fully saturated rings. The largest absolute Gasteiger partial charge is 0.481 e. The van der Waals surface area contributed by atoms with Gasteiger partial charge in [-0.2, -0.15) is 0 Å². The van der Waals surface area contributed by atoms with Crippen molar-refractivity contribution in [2.24, 2.45) is 0 Å². The molecule has 3 N–H and O–H groups in total. The number of hydrogen-bond donors (Lipinski definition) is 3. The number of benzene rings is 2. The topological polar surface area (TPSA) is 82.7 Å². The lowest BCUT2D eigenvalue weighted by Gasteiger charge is -2.15. The van der Waals surface area contributed by atoms with Crippen LogP contribution >= 0.6 is 0 Å². The molecule has 0 saturated carbocycles. The number of hydrogen-bond acceptors (Lipinski definition) is 3. The second-order valence-corrected chi connectivity index (χ2v) is 7.62. The summed E-state index contributed by atoms with van der Waals surface area (Å²) >= 11 is 0. The Bertz CT molecular complexity index is 1050.